The molecule has 0 spiro atoms. The van der Waals surface area contributed by atoms with Gasteiger partial charge in [-0.1, -0.05) is 0 Å². The van der Waals surface area contributed by atoms with Crippen molar-refractivity contribution in [2.45, 2.75) is 30.8 Å². The van der Waals surface area contributed by atoms with Crippen LogP contribution in [0.1, 0.15) is 0 Å². The van der Waals surface area contributed by atoms with Gasteiger partial charge in [-0.2, -0.15) is 0 Å². The molecule has 1 heterocycles. The van der Waals surface area contributed by atoms with Crippen LogP contribution in [0.4, 0.5) is 4.39 Å². The minimum absolute atomic E-state index is 0.651. The molecule has 12 heavy (non-hydrogen) atoms. The van der Waals surface area contributed by atoms with Crippen molar-refractivity contribution in [1.29, 1.82) is 0 Å². The molecule has 0 bridgehead atoms. The zero-order valence-electron chi connectivity index (χ0n) is 6.17. The van der Waals surface area contributed by atoms with Gasteiger partial charge in [0.05, 0.1) is 6.61 Å². The fourth-order valence-electron chi connectivity index (χ4n) is 1.06. The van der Waals surface area contributed by atoms with Crippen molar-refractivity contribution >= 4 is 0 Å². The number of rotatable bonds is 1. The SMILES string of the molecule is OCC1OC(O)C(O)[C@@H](O)[C@@H]1F. The summed E-state index contributed by atoms with van der Waals surface area (Å²) in [5.41, 5.74) is 0. The summed E-state index contributed by atoms with van der Waals surface area (Å²) in [7, 11) is 0. The zero-order valence-corrected chi connectivity index (χ0v) is 6.17. The summed E-state index contributed by atoms with van der Waals surface area (Å²) in [6.07, 6.45) is -8.19. The first-order valence-corrected chi connectivity index (χ1v) is 3.52. The van der Waals surface area contributed by atoms with E-state index in [2.05, 4.69) is 4.74 Å². The zero-order chi connectivity index (χ0) is 9.30. The number of aliphatic hydroxyl groups excluding tert-OH is 4. The summed E-state index contributed by atoms with van der Waals surface area (Å²) >= 11 is 0. The van der Waals surface area contributed by atoms with E-state index in [0.717, 1.165) is 0 Å². The molecule has 5 nitrogen and oxygen atoms in total. The Hall–Kier alpha value is -0.270. The van der Waals surface area contributed by atoms with Crippen molar-refractivity contribution in [2.75, 3.05) is 6.61 Å². The Labute approximate surface area is 68.0 Å². The van der Waals surface area contributed by atoms with Crippen LogP contribution < -0.4 is 0 Å². The number of alkyl halides is 1. The first-order valence-electron chi connectivity index (χ1n) is 3.52. The van der Waals surface area contributed by atoms with Crippen molar-refractivity contribution in [3.05, 3.63) is 0 Å². The first-order chi connectivity index (χ1) is 5.57. The molecule has 0 aliphatic carbocycles. The third-order valence-electron chi connectivity index (χ3n) is 1.82. The summed E-state index contributed by atoms with van der Waals surface area (Å²) < 4.78 is 17.3. The molecule has 0 saturated carbocycles. The molecule has 0 aromatic carbocycles. The van der Waals surface area contributed by atoms with Gasteiger partial charge in [0, 0.05) is 0 Å². The molecule has 5 atom stereocenters. The third kappa shape index (κ3) is 1.57. The predicted molar refractivity (Wildman–Crippen MR) is 34.9 cm³/mol. The van der Waals surface area contributed by atoms with Gasteiger partial charge in [-0.15, -0.1) is 0 Å². The minimum Gasteiger partial charge on any atom is -0.394 e. The highest BCUT2D eigenvalue weighted by Gasteiger charge is 2.43. The van der Waals surface area contributed by atoms with Crippen LogP contribution in [-0.4, -0.2) is 57.8 Å². The first kappa shape index (κ1) is 9.82. The molecule has 72 valence electrons. The fourth-order valence-corrected chi connectivity index (χ4v) is 1.06. The molecule has 1 aliphatic heterocycles. The van der Waals surface area contributed by atoms with Crippen LogP contribution in [0.5, 0.6) is 0 Å². The number of aliphatic hydroxyl groups is 4. The lowest BCUT2D eigenvalue weighted by Gasteiger charge is -2.36. The van der Waals surface area contributed by atoms with E-state index in [1.165, 1.54) is 0 Å². The predicted octanol–water partition coefficient (Wildman–Crippen LogP) is -2.24. The summed E-state index contributed by atoms with van der Waals surface area (Å²) in [6.45, 7) is -0.651. The highest BCUT2D eigenvalue weighted by Crippen LogP contribution is 2.21. The van der Waals surface area contributed by atoms with E-state index in [1.54, 1.807) is 0 Å². The van der Waals surface area contributed by atoms with Gasteiger partial charge >= 0.3 is 0 Å². The molecule has 0 aromatic heterocycles. The van der Waals surface area contributed by atoms with Gasteiger partial charge in [0.25, 0.3) is 0 Å². The van der Waals surface area contributed by atoms with E-state index in [0.29, 0.717) is 0 Å². The maximum Gasteiger partial charge on any atom is 0.184 e. The summed E-state index contributed by atoms with van der Waals surface area (Å²) in [6, 6.07) is 0. The monoisotopic (exact) mass is 182 g/mol. The van der Waals surface area contributed by atoms with Crippen LogP contribution in [0.2, 0.25) is 0 Å². The van der Waals surface area contributed by atoms with Gasteiger partial charge < -0.3 is 25.2 Å². The molecular weight excluding hydrogens is 171 g/mol. The third-order valence-corrected chi connectivity index (χ3v) is 1.82. The topological polar surface area (TPSA) is 90.2 Å². The van der Waals surface area contributed by atoms with Crippen LogP contribution in [0.25, 0.3) is 0 Å². The van der Waals surface area contributed by atoms with Gasteiger partial charge in [-0.25, -0.2) is 4.39 Å². The smallest absolute Gasteiger partial charge is 0.184 e. The van der Waals surface area contributed by atoms with Crippen LogP contribution in [-0.2, 0) is 4.74 Å². The summed E-state index contributed by atoms with van der Waals surface area (Å²) in [5, 5.41) is 35.2. The lowest BCUT2D eigenvalue weighted by Crippen LogP contribution is -2.56. The Bertz CT molecular complexity index is 150. The van der Waals surface area contributed by atoms with Gasteiger partial charge in [0.1, 0.15) is 18.3 Å². The van der Waals surface area contributed by atoms with E-state index in [9.17, 15) is 4.39 Å². The van der Waals surface area contributed by atoms with E-state index >= 15 is 0 Å². The second kappa shape index (κ2) is 3.63. The molecule has 0 aromatic rings. The van der Waals surface area contributed by atoms with Crippen molar-refractivity contribution in [3.8, 4) is 0 Å². The number of hydrogen-bond acceptors (Lipinski definition) is 5. The van der Waals surface area contributed by atoms with Crippen molar-refractivity contribution < 1.29 is 29.6 Å². The molecule has 0 amide bonds. The maximum atomic E-state index is 12.9. The Morgan fingerprint density at radius 1 is 1.17 bits per heavy atom. The Morgan fingerprint density at radius 3 is 2.25 bits per heavy atom. The van der Waals surface area contributed by atoms with Crippen molar-refractivity contribution in [2.24, 2.45) is 0 Å². The van der Waals surface area contributed by atoms with E-state index in [1.807, 2.05) is 0 Å². The van der Waals surface area contributed by atoms with Gasteiger partial charge in [-0.3, -0.25) is 0 Å². The average Bonchev–Trinajstić information content (AvgIpc) is 2.08. The molecule has 4 N–H and O–H groups in total. The molecule has 1 saturated heterocycles. The molecule has 1 aliphatic rings. The van der Waals surface area contributed by atoms with E-state index in [4.69, 9.17) is 20.4 Å². The Morgan fingerprint density at radius 2 is 1.75 bits per heavy atom. The quantitative estimate of drug-likeness (QED) is 0.368. The molecular formula is C6H11FO5. The highest BCUT2D eigenvalue weighted by atomic mass is 19.1. The second-order valence-corrected chi connectivity index (χ2v) is 2.67. The number of hydrogen-bond donors (Lipinski definition) is 4. The van der Waals surface area contributed by atoms with E-state index < -0.39 is 37.4 Å². The van der Waals surface area contributed by atoms with Gasteiger partial charge in [-0.05, 0) is 0 Å². The van der Waals surface area contributed by atoms with Crippen molar-refractivity contribution in [1.82, 2.24) is 0 Å². The molecule has 1 fully saturated rings. The van der Waals surface area contributed by atoms with Crippen LogP contribution in [0.3, 0.4) is 0 Å². The standard InChI is InChI=1S/C6H11FO5/c7-3-2(1-8)12-6(11)5(10)4(3)9/h2-6,8-11H,1H2/t2?,3-,4+,5?,6?/m1/s1. The highest BCUT2D eigenvalue weighted by molar-refractivity contribution is 4.88. The largest absolute Gasteiger partial charge is 0.394 e. The Balaban J connectivity index is 2.63. The van der Waals surface area contributed by atoms with Crippen LogP contribution in [0.15, 0.2) is 0 Å². The summed E-state index contributed by atoms with van der Waals surface area (Å²) in [5.74, 6) is 0. The molecule has 0 radical (unpaired) electrons. The van der Waals surface area contributed by atoms with Crippen LogP contribution >= 0.6 is 0 Å². The van der Waals surface area contributed by atoms with Gasteiger partial charge in [0.2, 0.25) is 0 Å². The average molecular weight is 182 g/mol. The molecule has 1 rings (SSSR count). The minimum atomic E-state index is -1.88. The number of ether oxygens (including phenoxy) is 1. The normalized spacial score (nSPS) is 49.2. The fraction of sp³-hybridized carbons (Fsp3) is 1.00. The molecule has 3 unspecified atom stereocenters. The van der Waals surface area contributed by atoms with Crippen LogP contribution in [0, 0.1) is 0 Å². The second-order valence-electron chi connectivity index (χ2n) is 2.67. The molecule has 6 heteroatoms. The number of halogens is 1. The van der Waals surface area contributed by atoms with Gasteiger partial charge in [0.15, 0.2) is 12.5 Å². The lowest BCUT2D eigenvalue weighted by molar-refractivity contribution is -0.274. The van der Waals surface area contributed by atoms with E-state index in [-0.39, 0.29) is 0 Å². The maximum absolute atomic E-state index is 12.9. The van der Waals surface area contributed by atoms with Crippen molar-refractivity contribution in [3.63, 3.8) is 0 Å². The lowest BCUT2D eigenvalue weighted by atomic mass is 10.0. The summed E-state index contributed by atoms with van der Waals surface area (Å²) in [4.78, 5) is 0. The Kier molecular flexibility index (Phi) is 2.97.